The molecule has 0 aromatic heterocycles. The summed E-state index contributed by atoms with van der Waals surface area (Å²) in [5.41, 5.74) is 0. The van der Waals surface area contributed by atoms with Crippen molar-refractivity contribution in [2.24, 2.45) is 0 Å². The highest BCUT2D eigenvalue weighted by atomic mass is 79.9. The summed E-state index contributed by atoms with van der Waals surface area (Å²) in [5.74, 6) is 0.0389. The molecular weight excluding hydrogens is 388 g/mol. The third kappa shape index (κ3) is 18.7. The average Bonchev–Trinajstić information content (AvgIpc) is 2.64. The molecule has 2 nitrogen and oxygen atoms in total. The smallest absolute Gasteiger partial charge is 0.306 e. The fourth-order valence-corrected chi connectivity index (χ4v) is 3.75. The zero-order valence-corrected chi connectivity index (χ0v) is 19.3. The van der Waals surface area contributed by atoms with E-state index in [1.54, 1.807) is 0 Å². The largest absolute Gasteiger partial charge is 0.462 e. The summed E-state index contributed by atoms with van der Waals surface area (Å²) in [7, 11) is 0. The van der Waals surface area contributed by atoms with Gasteiger partial charge in [-0.05, 0) is 38.5 Å². The molecule has 0 spiro atoms. The molecule has 0 heterocycles. The SMILES string of the molecule is CCCCCCCCC(CCCCCC)OC(=O)CCCCCCCBr. The van der Waals surface area contributed by atoms with Crippen LogP contribution in [-0.2, 0) is 9.53 Å². The van der Waals surface area contributed by atoms with Crippen molar-refractivity contribution in [1.82, 2.24) is 0 Å². The molecule has 0 aromatic carbocycles. The fraction of sp³-hybridized carbons (Fsp3) is 0.957. The molecule has 0 aromatic rings. The Labute approximate surface area is 172 Å². The van der Waals surface area contributed by atoms with E-state index < -0.39 is 0 Å². The number of rotatable bonds is 20. The van der Waals surface area contributed by atoms with Crippen LogP contribution in [0.1, 0.15) is 129 Å². The van der Waals surface area contributed by atoms with E-state index in [4.69, 9.17) is 4.74 Å². The molecule has 0 saturated carbocycles. The Hall–Kier alpha value is -0.0500. The van der Waals surface area contributed by atoms with E-state index in [1.165, 1.54) is 83.5 Å². The maximum Gasteiger partial charge on any atom is 0.306 e. The third-order valence-corrected chi connectivity index (χ3v) is 5.63. The predicted molar refractivity (Wildman–Crippen MR) is 118 cm³/mol. The Kier molecular flexibility index (Phi) is 21.2. The van der Waals surface area contributed by atoms with Crippen LogP contribution in [0.2, 0.25) is 0 Å². The van der Waals surface area contributed by atoms with Crippen LogP contribution in [-0.4, -0.2) is 17.4 Å². The minimum absolute atomic E-state index is 0.0389. The van der Waals surface area contributed by atoms with Crippen LogP contribution in [0.5, 0.6) is 0 Å². The van der Waals surface area contributed by atoms with E-state index in [9.17, 15) is 4.79 Å². The lowest BCUT2D eigenvalue weighted by molar-refractivity contribution is -0.150. The highest BCUT2D eigenvalue weighted by Gasteiger charge is 2.14. The van der Waals surface area contributed by atoms with Crippen molar-refractivity contribution in [3.8, 4) is 0 Å². The highest BCUT2D eigenvalue weighted by Crippen LogP contribution is 2.17. The number of ether oxygens (including phenoxy) is 1. The monoisotopic (exact) mass is 432 g/mol. The quantitative estimate of drug-likeness (QED) is 0.110. The molecule has 156 valence electrons. The van der Waals surface area contributed by atoms with Crippen LogP contribution in [0.3, 0.4) is 0 Å². The Bertz CT molecular complexity index is 294. The standard InChI is InChI=1S/C23H45BrO2/c1-3-5-7-9-11-15-19-22(18-14-8-6-4-2)26-23(25)20-16-12-10-13-17-21-24/h22H,3-21H2,1-2H3. The number of hydrogen-bond donors (Lipinski definition) is 0. The van der Waals surface area contributed by atoms with Gasteiger partial charge in [0.1, 0.15) is 6.10 Å². The lowest BCUT2D eigenvalue weighted by atomic mass is 10.0. The maximum atomic E-state index is 12.2. The lowest BCUT2D eigenvalue weighted by Gasteiger charge is -2.18. The molecule has 0 aliphatic carbocycles. The van der Waals surface area contributed by atoms with Crippen molar-refractivity contribution in [1.29, 1.82) is 0 Å². The van der Waals surface area contributed by atoms with E-state index in [-0.39, 0.29) is 12.1 Å². The molecule has 3 heteroatoms. The fourth-order valence-electron chi connectivity index (χ4n) is 3.35. The third-order valence-electron chi connectivity index (χ3n) is 5.07. The van der Waals surface area contributed by atoms with Crippen molar-refractivity contribution < 1.29 is 9.53 Å². The molecule has 0 rings (SSSR count). The summed E-state index contributed by atoms with van der Waals surface area (Å²) in [5, 5.41) is 1.09. The van der Waals surface area contributed by atoms with E-state index in [1.807, 2.05) is 0 Å². The zero-order valence-electron chi connectivity index (χ0n) is 17.7. The van der Waals surface area contributed by atoms with Crippen molar-refractivity contribution in [3.63, 3.8) is 0 Å². The van der Waals surface area contributed by atoms with Gasteiger partial charge in [-0.25, -0.2) is 0 Å². The molecule has 1 unspecified atom stereocenters. The summed E-state index contributed by atoms with van der Waals surface area (Å²) in [6.07, 6.45) is 21.6. The van der Waals surface area contributed by atoms with E-state index in [0.29, 0.717) is 6.42 Å². The van der Waals surface area contributed by atoms with Crippen molar-refractivity contribution >= 4 is 21.9 Å². The summed E-state index contributed by atoms with van der Waals surface area (Å²) in [6.45, 7) is 4.50. The van der Waals surface area contributed by atoms with Gasteiger partial charge in [0.25, 0.3) is 0 Å². The molecule has 0 aliphatic heterocycles. The van der Waals surface area contributed by atoms with Gasteiger partial charge in [-0.1, -0.05) is 100 Å². The first-order chi connectivity index (χ1) is 12.7. The Morgan fingerprint density at radius 3 is 1.73 bits per heavy atom. The molecule has 0 fully saturated rings. The topological polar surface area (TPSA) is 26.3 Å². The van der Waals surface area contributed by atoms with Gasteiger partial charge >= 0.3 is 5.97 Å². The molecule has 0 N–H and O–H groups in total. The molecule has 1 atom stereocenters. The van der Waals surface area contributed by atoms with Crippen LogP contribution in [0.15, 0.2) is 0 Å². The number of unbranched alkanes of at least 4 members (excludes halogenated alkanes) is 12. The van der Waals surface area contributed by atoms with Gasteiger partial charge in [0.05, 0.1) is 0 Å². The van der Waals surface area contributed by atoms with E-state index in [0.717, 1.165) is 31.0 Å². The van der Waals surface area contributed by atoms with Crippen LogP contribution in [0.4, 0.5) is 0 Å². The Morgan fingerprint density at radius 2 is 1.15 bits per heavy atom. The Morgan fingerprint density at radius 1 is 0.692 bits per heavy atom. The van der Waals surface area contributed by atoms with Crippen molar-refractivity contribution in [2.45, 2.75) is 136 Å². The second kappa shape index (κ2) is 21.3. The predicted octanol–water partition coefficient (Wildman–Crippen LogP) is 8.35. The maximum absolute atomic E-state index is 12.2. The van der Waals surface area contributed by atoms with Crippen LogP contribution in [0.25, 0.3) is 0 Å². The molecular formula is C23H45BrO2. The van der Waals surface area contributed by atoms with Gasteiger partial charge < -0.3 is 4.74 Å². The minimum Gasteiger partial charge on any atom is -0.462 e. The number of esters is 1. The number of carbonyl (C=O) groups excluding carboxylic acids is 1. The van der Waals surface area contributed by atoms with Gasteiger partial charge in [-0.2, -0.15) is 0 Å². The van der Waals surface area contributed by atoms with E-state index in [2.05, 4.69) is 29.8 Å². The van der Waals surface area contributed by atoms with Gasteiger partial charge in [-0.3, -0.25) is 4.79 Å². The van der Waals surface area contributed by atoms with Crippen LogP contribution >= 0.6 is 15.9 Å². The highest BCUT2D eigenvalue weighted by molar-refractivity contribution is 9.09. The summed E-state index contributed by atoms with van der Waals surface area (Å²) >= 11 is 3.46. The second-order valence-corrected chi connectivity index (χ2v) is 8.52. The van der Waals surface area contributed by atoms with E-state index >= 15 is 0 Å². The van der Waals surface area contributed by atoms with Crippen molar-refractivity contribution in [2.75, 3.05) is 5.33 Å². The first-order valence-corrected chi connectivity index (χ1v) is 12.6. The minimum atomic E-state index is 0.0389. The lowest BCUT2D eigenvalue weighted by Crippen LogP contribution is -2.18. The van der Waals surface area contributed by atoms with Gasteiger partial charge in [-0.15, -0.1) is 0 Å². The Balaban J connectivity index is 3.93. The summed E-state index contributed by atoms with van der Waals surface area (Å²) < 4.78 is 5.84. The van der Waals surface area contributed by atoms with Crippen LogP contribution in [0, 0.1) is 0 Å². The van der Waals surface area contributed by atoms with Crippen LogP contribution < -0.4 is 0 Å². The summed E-state index contributed by atoms with van der Waals surface area (Å²) in [4.78, 5) is 12.2. The number of hydrogen-bond acceptors (Lipinski definition) is 2. The molecule has 0 saturated heterocycles. The molecule has 26 heavy (non-hydrogen) atoms. The van der Waals surface area contributed by atoms with Crippen molar-refractivity contribution in [3.05, 3.63) is 0 Å². The number of halogens is 1. The molecule has 0 radical (unpaired) electrons. The normalized spacial score (nSPS) is 12.3. The molecule has 0 aliphatic rings. The van der Waals surface area contributed by atoms with Gasteiger partial charge in [0, 0.05) is 11.8 Å². The average molecular weight is 434 g/mol. The second-order valence-electron chi connectivity index (χ2n) is 7.72. The number of carbonyl (C=O) groups is 1. The first kappa shape index (κ1) is 26.0. The summed E-state index contributed by atoms with van der Waals surface area (Å²) in [6, 6.07) is 0. The van der Waals surface area contributed by atoms with Gasteiger partial charge in [0.2, 0.25) is 0 Å². The zero-order chi connectivity index (χ0) is 19.3. The molecule has 0 bridgehead atoms. The van der Waals surface area contributed by atoms with Gasteiger partial charge in [0.15, 0.2) is 0 Å². The first-order valence-electron chi connectivity index (χ1n) is 11.5. The number of alkyl halides is 1. The molecule has 0 amide bonds.